The second kappa shape index (κ2) is 4.96. The minimum absolute atomic E-state index is 0.0871. The number of carboxylic acids is 1. The molecule has 0 aliphatic carbocycles. The predicted octanol–water partition coefficient (Wildman–Crippen LogP) is 1.47. The summed E-state index contributed by atoms with van der Waals surface area (Å²) >= 11 is 3.11. The van der Waals surface area contributed by atoms with E-state index in [-0.39, 0.29) is 17.0 Å². The maximum absolute atomic E-state index is 12.2. The molecule has 0 unspecified atom stereocenters. The van der Waals surface area contributed by atoms with Crippen LogP contribution >= 0.6 is 15.9 Å². The van der Waals surface area contributed by atoms with Crippen molar-refractivity contribution in [2.45, 2.75) is 11.3 Å². The molecule has 6 nitrogen and oxygen atoms in total. The molecule has 1 saturated heterocycles. The minimum Gasteiger partial charge on any atom is -0.478 e. The van der Waals surface area contributed by atoms with Gasteiger partial charge in [-0.2, -0.15) is 0 Å². The van der Waals surface area contributed by atoms with Crippen LogP contribution in [0.4, 0.5) is 0 Å². The number of benzene rings is 1. The van der Waals surface area contributed by atoms with Crippen LogP contribution < -0.4 is 0 Å². The Balaban J connectivity index is 2.49. The fourth-order valence-electron chi connectivity index (χ4n) is 1.56. The molecule has 0 amide bonds. The van der Waals surface area contributed by atoms with Crippen LogP contribution in [-0.2, 0) is 14.9 Å². The van der Waals surface area contributed by atoms with Crippen molar-refractivity contribution in [3.63, 3.8) is 0 Å². The Bertz CT molecular complexity index is 580. The molecular formula is C10H10BrNO5S. The highest BCUT2D eigenvalue weighted by atomic mass is 79.9. The fraction of sp³-hybridized carbons (Fsp3) is 0.300. The van der Waals surface area contributed by atoms with E-state index in [1.807, 2.05) is 0 Å². The summed E-state index contributed by atoms with van der Waals surface area (Å²) in [5, 5.41) is 8.88. The first-order valence-corrected chi connectivity index (χ1v) is 7.35. The molecule has 18 heavy (non-hydrogen) atoms. The van der Waals surface area contributed by atoms with Gasteiger partial charge in [0.25, 0.3) is 10.0 Å². The maximum Gasteiger partial charge on any atom is 0.335 e. The third-order valence-electron chi connectivity index (χ3n) is 2.44. The van der Waals surface area contributed by atoms with Gasteiger partial charge in [-0.3, -0.25) is 4.84 Å². The van der Waals surface area contributed by atoms with E-state index in [9.17, 15) is 13.2 Å². The molecule has 1 aromatic rings. The van der Waals surface area contributed by atoms with E-state index >= 15 is 0 Å². The SMILES string of the molecule is O=C(O)c1ccc(Br)c(S(=O)(=O)N2CCCO2)c1. The molecule has 2 rings (SSSR count). The number of hydrogen-bond acceptors (Lipinski definition) is 4. The van der Waals surface area contributed by atoms with Crippen molar-refractivity contribution in [1.29, 1.82) is 0 Å². The molecule has 0 aromatic heterocycles. The Labute approximate surface area is 112 Å². The van der Waals surface area contributed by atoms with Crippen molar-refractivity contribution in [3.05, 3.63) is 28.2 Å². The van der Waals surface area contributed by atoms with Crippen LogP contribution in [0.2, 0.25) is 0 Å². The standard InChI is InChI=1S/C10H10BrNO5S/c11-8-3-2-7(10(13)14)6-9(8)18(15,16)12-4-1-5-17-12/h2-3,6H,1,4-5H2,(H,13,14). The Morgan fingerprint density at radius 3 is 2.72 bits per heavy atom. The van der Waals surface area contributed by atoms with Crippen LogP contribution in [0.1, 0.15) is 16.8 Å². The second-order valence-corrected chi connectivity index (χ2v) is 6.32. The lowest BCUT2D eigenvalue weighted by Crippen LogP contribution is -2.27. The Hall–Kier alpha value is -0.960. The van der Waals surface area contributed by atoms with Crippen molar-refractivity contribution >= 4 is 31.9 Å². The maximum atomic E-state index is 12.2. The van der Waals surface area contributed by atoms with E-state index in [4.69, 9.17) is 9.94 Å². The molecular weight excluding hydrogens is 326 g/mol. The first-order chi connectivity index (χ1) is 8.43. The summed E-state index contributed by atoms with van der Waals surface area (Å²) in [5.41, 5.74) is -0.0871. The van der Waals surface area contributed by atoms with E-state index in [1.54, 1.807) is 0 Å². The average molecular weight is 336 g/mol. The van der Waals surface area contributed by atoms with E-state index in [2.05, 4.69) is 15.9 Å². The van der Waals surface area contributed by atoms with Gasteiger partial charge in [-0.05, 0) is 40.5 Å². The van der Waals surface area contributed by atoms with Gasteiger partial charge < -0.3 is 5.11 Å². The summed E-state index contributed by atoms with van der Waals surface area (Å²) in [7, 11) is -3.82. The van der Waals surface area contributed by atoms with Crippen molar-refractivity contribution in [2.24, 2.45) is 0 Å². The van der Waals surface area contributed by atoms with E-state index in [0.717, 1.165) is 10.5 Å². The van der Waals surface area contributed by atoms with Crippen LogP contribution in [0.3, 0.4) is 0 Å². The number of carboxylic acid groups (broad SMARTS) is 1. The second-order valence-electron chi connectivity index (χ2n) is 3.67. The summed E-state index contributed by atoms with van der Waals surface area (Å²) in [6.07, 6.45) is 0.621. The van der Waals surface area contributed by atoms with Gasteiger partial charge >= 0.3 is 5.97 Å². The highest BCUT2D eigenvalue weighted by Crippen LogP contribution is 2.28. The number of hydroxylamine groups is 1. The van der Waals surface area contributed by atoms with E-state index < -0.39 is 16.0 Å². The van der Waals surface area contributed by atoms with Crippen LogP contribution in [0.5, 0.6) is 0 Å². The Kier molecular flexibility index (Phi) is 3.71. The smallest absolute Gasteiger partial charge is 0.335 e. The molecule has 0 spiro atoms. The lowest BCUT2D eigenvalue weighted by Gasteiger charge is -2.15. The lowest BCUT2D eigenvalue weighted by atomic mass is 10.2. The molecule has 98 valence electrons. The molecule has 1 N–H and O–H groups in total. The van der Waals surface area contributed by atoms with Crippen LogP contribution in [0, 0.1) is 0 Å². The molecule has 1 aliphatic rings. The number of hydrogen-bond donors (Lipinski definition) is 1. The normalized spacial score (nSPS) is 16.9. The Morgan fingerprint density at radius 1 is 1.44 bits per heavy atom. The summed E-state index contributed by atoms with van der Waals surface area (Å²) in [4.78, 5) is 15.8. The van der Waals surface area contributed by atoms with Gasteiger partial charge in [0, 0.05) is 11.0 Å². The van der Waals surface area contributed by atoms with Gasteiger partial charge in [0.15, 0.2) is 0 Å². The van der Waals surface area contributed by atoms with Gasteiger partial charge in [-0.1, -0.05) is 4.47 Å². The average Bonchev–Trinajstić information content (AvgIpc) is 2.82. The van der Waals surface area contributed by atoms with Crippen molar-refractivity contribution < 1.29 is 23.2 Å². The number of nitrogens with zero attached hydrogens (tertiary/aromatic N) is 1. The zero-order valence-electron chi connectivity index (χ0n) is 9.17. The van der Waals surface area contributed by atoms with Gasteiger partial charge in [0.2, 0.25) is 0 Å². The summed E-state index contributed by atoms with van der Waals surface area (Å²) in [5.74, 6) is -1.18. The zero-order chi connectivity index (χ0) is 13.3. The van der Waals surface area contributed by atoms with Gasteiger partial charge in [0.05, 0.1) is 17.1 Å². The van der Waals surface area contributed by atoms with Gasteiger partial charge in [-0.25, -0.2) is 13.2 Å². The molecule has 0 atom stereocenters. The largest absolute Gasteiger partial charge is 0.478 e. The quantitative estimate of drug-likeness (QED) is 0.904. The first kappa shape index (κ1) is 13.5. The highest BCUT2D eigenvalue weighted by molar-refractivity contribution is 9.10. The summed E-state index contributed by atoms with van der Waals surface area (Å²) in [6, 6.07) is 3.84. The Morgan fingerprint density at radius 2 is 2.17 bits per heavy atom. The molecule has 1 aromatic carbocycles. The molecule has 8 heteroatoms. The van der Waals surface area contributed by atoms with Gasteiger partial charge in [0.1, 0.15) is 0 Å². The fourth-order valence-corrected chi connectivity index (χ4v) is 3.81. The van der Waals surface area contributed by atoms with Crippen molar-refractivity contribution in [2.75, 3.05) is 13.2 Å². The van der Waals surface area contributed by atoms with Gasteiger partial charge in [-0.15, -0.1) is 0 Å². The zero-order valence-corrected chi connectivity index (χ0v) is 11.6. The third kappa shape index (κ3) is 2.41. The number of halogens is 1. The van der Waals surface area contributed by atoms with E-state index in [1.165, 1.54) is 12.1 Å². The third-order valence-corrected chi connectivity index (χ3v) is 5.12. The summed E-state index contributed by atoms with van der Waals surface area (Å²) in [6.45, 7) is 0.613. The summed E-state index contributed by atoms with van der Waals surface area (Å²) < 4.78 is 25.6. The van der Waals surface area contributed by atoms with Crippen LogP contribution in [-0.4, -0.2) is 37.1 Å². The van der Waals surface area contributed by atoms with E-state index in [0.29, 0.717) is 17.5 Å². The lowest BCUT2D eigenvalue weighted by molar-refractivity contribution is -0.0285. The number of sulfonamides is 1. The molecule has 1 aliphatic heterocycles. The number of carbonyl (C=O) groups is 1. The topological polar surface area (TPSA) is 83.9 Å². The monoisotopic (exact) mass is 335 g/mol. The number of aromatic carboxylic acids is 1. The molecule has 1 fully saturated rings. The van der Waals surface area contributed by atoms with Crippen LogP contribution in [0.15, 0.2) is 27.6 Å². The first-order valence-electron chi connectivity index (χ1n) is 5.11. The highest BCUT2D eigenvalue weighted by Gasteiger charge is 2.31. The van der Waals surface area contributed by atoms with Crippen molar-refractivity contribution in [1.82, 2.24) is 4.47 Å². The molecule has 0 radical (unpaired) electrons. The van der Waals surface area contributed by atoms with Crippen molar-refractivity contribution in [3.8, 4) is 0 Å². The number of rotatable bonds is 3. The molecule has 0 bridgehead atoms. The van der Waals surface area contributed by atoms with Crippen LogP contribution in [0.25, 0.3) is 0 Å². The minimum atomic E-state index is -3.82. The molecule has 1 heterocycles. The predicted molar refractivity (Wildman–Crippen MR) is 65.6 cm³/mol. The molecule has 0 saturated carbocycles.